The summed E-state index contributed by atoms with van der Waals surface area (Å²) in [5.74, 6) is 0. The Balaban J connectivity index is 0.000000442. The molecule has 1 fully saturated rings. The molecule has 1 N–H and O–H groups in total. The minimum absolute atomic E-state index is 0.00371. The summed E-state index contributed by atoms with van der Waals surface area (Å²) in [6.07, 6.45) is 5.36. The minimum atomic E-state index is -0.211. The third kappa shape index (κ3) is 7.62. The SMILES string of the molecule is CSNCCC1CCN(C(C)c2ccc(-c3ccnc(C)c3)cc2)C(=O)O1.c1ccccc1. The lowest BCUT2D eigenvalue weighted by atomic mass is 10.0. The zero-order valence-corrected chi connectivity index (χ0v) is 20.4. The maximum absolute atomic E-state index is 12.4. The Hall–Kier alpha value is -2.83. The van der Waals surface area contributed by atoms with Gasteiger partial charge < -0.3 is 9.64 Å². The molecule has 0 aliphatic carbocycles. The standard InChI is InChI=1S/C21H27N3O2S.C6H6/c1-15-14-19(8-11-22-15)18-6-4-17(5-7-18)16(2)24-13-10-20(26-21(24)25)9-12-23-27-3;1-2-4-6-5-3-1/h4-8,11,14,16,20,23H,9-10,12-13H2,1-3H3;1-6H. The minimum Gasteiger partial charge on any atom is -0.446 e. The molecule has 33 heavy (non-hydrogen) atoms. The number of carbonyl (C=O) groups excluding carboxylic acids is 1. The second-order valence-electron chi connectivity index (χ2n) is 8.01. The van der Waals surface area contributed by atoms with Crippen LogP contribution in [0.4, 0.5) is 4.79 Å². The third-order valence-electron chi connectivity index (χ3n) is 5.66. The fraction of sp³-hybridized carbons (Fsp3) is 0.333. The number of pyridine rings is 1. The monoisotopic (exact) mass is 463 g/mol. The smallest absolute Gasteiger partial charge is 0.410 e. The molecule has 0 saturated carbocycles. The van der Waals surface area contributed by atoms with Crippen molar-refractivity contribution in [3.05, 3.63) is 90.3 Å². The summed E-state index contributed by atoms with van der Waals surface area (Å²) < 4.78 is 8.83. The molecular formula is C27H33N3O2S. The highest BCUT2D eigenvalue weighted by atomic mass is 32.2. The first-order chi connectivity index (χ1) is 16.1. The van der Waals surface area contributed by atoms with Crippen molar-refractivity contribution in [1.82, 2.24) is 14.6 Å². The third-order valence-corrected chi connectivity index (χ3v) is 6.16. The number of cyclic esters (lactones) is 1. The molecular weight excluding hydrogens is 430 g/mol. The molecule has 1 aliphatic rings. The molecule has 2 unspecified atom stereocenters. The van der Waals surface area contributed by atoms with E-state index in [1.54, 1.807) is 11.9 Å². The Bertz CT molecular complexity index is 955. The van der Waals surface area contributed by atoms with E-state index in [-0.39, 0.29) is 18.2 Å². The van der Waals surface area contributed by atoms with Crippen molar-refractivity contribution >= 4 is 18.0 Å². The number of nitrogens with zero attached hydrogens (tertiary/aromatic N) is 2. The maximum Gasteiger partial charge on any atom is 0.410 e. The first kappa shape index (κ1) is 24.8. The average Bonchev–Trinajstić information content (AvgIpc) is 2.85. The fourth-order valence-electron chi connectivity index (χ4n) is 3.76. The van der Waals surface area contributed by atoms with Gasteiger partial charge in [0, 0.05) is 31.4 Å². The van der Waals surface area contributed by atoms with Crippen LogP contribution in [0.5, 0.6) is 0 Å². The summed E-state index contributed by atoms with van der Waals surface area (Å²) in [5.41, 5.74) is 4.42. The predicted octanol–water partition coefficient (Wildman–Crippen LogP) is 6.27. The molecule has 2 heterocycles. The molecule has 5 nitrogen and oxygen atoms in total. The normalized spacial score (nSPS) is 16.4. The van der Waals surface area contributed by atoms with E-state index in [0.29, 0.717) is 0 Å². The highest BCUT2D eigenvalue weighted by Crippen LogP contribution is 2.28. The molecule has 6 heteroatoms. The van der Waals surface area contributed by atoms with E-state index in [0.717, 1.165) is 48.3 Å². The summed E-state index contributed by atoms with van der Waals surface area (Å²) >= 11 is 1.59. The van der Waals surface area contributed by atoms with Gasteiger partial charge in [0.2, 0.25) is 0 Å². The second kappa shape index (κ2) is 13.0. The molecule has 174 valence electrons. The molecule has 1 amide bonds. The van der Waals surface area contributed by atoms with Crippen molar-refractivity contribution in [3.63, 3.8) is 0 Å². The van der Waals surface area contributed by atoms with Gasteiger partial charge in [-0.05, 0) is 55.3 Å². The highest BCUT2D eigenvalue weighted by molar-refractivity contribution is 7.96. The van der Waals surface area contributed by atoms with Crippen LogP contribution >= 0.6 is 11.9 Å². The number of ether oxygens (including phenoxy) is 1. The first-order valence-electron chi connectivity index (χ1n) is 11.3. The quantitative estimate of drug-likeness (QED) is 0.330. The summed E-state index contributed by atoms with van der Waals surface area (Å²) in [6.45, 7) is 5.63. The van der Waals surface area contributed by atoms with E-state index in [4.69, 9.17) is 4.74 Å². The van der Waals surface area contributed by atoms with Gasteiger partial charge in [-0.25, -0.2) is 4.79 Å². The summed E-state index contributed by atoms with van der Waals surface area (Å²) in [7, 11) is 0. The molecule has 2 atom stereocenters. The number of aromatic nitrogens is 1. The average molecular weight is 464 g/mol. The van der Waals surface area contributed by atoms with E-state index in [2.05, 4.69) is 47.0 Å². The van der Waals surface area contributed by atoms with Crippen molar-refractivity contribution < 1.29 is 9.53 Å². The van der Waals surface area contributed by atoms with Crippen molar-refractivity contribution in [3.8, 4) is 11.1 Å². The van der Waals surface area contributed by atoms with E-state index >= 15 is 0 Å². The number of amides is 1. The molecule has 4 rings (SSSR count). The van der Waals surface area contributed by atoms with Crippen molar-refractivity contribution in [2.45, 2.75) is 38.8 Å². The summed E-state index contributed by atoms with van der Waals surface area (Å²) in [6, 6.07) is 24.5. The van der Waals surface area contributed by atoms with Crippen molar-refractivity contribution in [2.24, 2.45) is 0 Å². The molecule has 2 aromatic carbocycles. The second-order valence-corrected chi connectivity index (χ2v) is 8.71. The Morgan fingerprint density at radius 3 is 2.33 bits per heavy atom. The number of hydrogen-bond acceptors (Lipinski definition) is 5. The van der Waals surface area contributed by atoms with E-state index in [1.807, 2.05) is 66.7 Å². The van der Waals surface area contributed by atoms with E-state index in [1.165, 1.54) is 0 Å². The molecule has 0 spiro atoms. The van der Waals surface area contributed by atoms with Gasteiger partial charge in [0.15, 0.2) is 0 Å². The van der Waals surface area contributed by atoms with Gasteiger partial charge in [0.25, 0.3) is 0 Å². The molecule has 1 saturated heterocycles. The number of carbonyl (C=O) groups is 1. The van der Waals surface area contributed by atoms with E-state index < -0.39 is 0 Å². The van der Waals surface area contributed by atoms with Crippen molar-refractivity contribution in [1.29, 1.82) is 0 Å². The Kier molecular flexibility index (Phi) is 9.78. The predicted molar refractivity (Wildman–Crippen MR) is 137 cm³/mol. The number of nitrogens with one attached hydrogen (secondary N) is 1. The number of aryl methyl sites for hydroxylation is 1. The van der Waals surface area contributed by atoms with Gasteiger partial charge in [-0.2, -0.15) is 0 Å². The highest BCUT2D eigenvalue weighted by Gasteiger charge is 2.30. The summed E-state index contributed by atoms with van der Waals surface area (Å²) in [4.78, 5) is 18.5. The zero-order chi connectivity index (χ0) is 23.5. The molecule has 0 radical (unpaired) electrons. The van der Waals surface area contributed by atoms with Gasteiger partial charge in [0.1, 0.15) is 6.10 Å². The van der Waals surface area contributed by atoms with E-state index in [9.17, 15) is 4.79 Å². The molecule has 0 bridgehead atoms. The number of benzene rings is 2. The van der Waals surface area contributed by atoms with Crippen LogP contribution < -0.4 is 4.72 Å². The Morgan fingerprint density at radius 1 is 1.09 bits per heavy atom. The lowest BCUT2D eigenvalue weighted by Gasteiger charge is -2.36. The summed E-state index contributed by atoms with van der Waals surface area (Å²) in [5, 5.41) is 0. The maximum atomic E-state index is 12.4. The molecule has 3 aromatic rings. The zero-order valence-electron chi connectivity index (χ0n) is 19.6. The van der Waals surface area contributed by atoms with Gasteiger partial charge in [0.05, 0.1) is 6.04 Å². The van der Waals surface area contributed by atoms with Gasteiger partial charge in [-0.3, -0.25) is 9.71 Å². The van der Waals surface area contributed by atoms with Crippen LogP contribution in [0.2, 0.25) is 0 Å². The first-order valence-corrected chi connectivity index (χ1v) is 12.6. The lowest BCUT2D eigenvalue weighted by Crippen LogP contribution is -2.43. The lowest BCUT2D eigenvalue weighted by molar-refractivity contribution is 0.0107. The number of rotatable bonds is 7. The van der Waals surface area contributed by atoms with Crippen LogP contribution in [0.25, 0.3) is 11.1 Å². The van der Waals surface area contributed by atoms with Crippen LogP contribution in [0.3, 0.4) is 0 Å². The van der Waals surface area contributed by atoms with Gasteiger partial charge in [-0.15, -0.1) is 0 Å². The van der Waals surface area contributed by atoms with Crippen LogP contribution in [0, 0.1) is 6.92 Å². The van der Waals surface area contributed by atoms with Crippen LogP contribution in [-0.2, 0) is 4.74 Å². The molecule has 1 aliphatic heterocycles. The van der Waals surface area contributed by atoms with Crippen LogP contribution in [0.1, 0.15) is 37.1 Å². The Labute approximate surface area is 201 Å². The van der Waals surface area contributed by atoms with Gasteiger partial charge in [-0.1, -0.05) is 72.6 Å². The van der Waals surface area contributed by atoms with Crippen LogP contribution in [-0.4, -0.2) is 41.4 Å². The van der Waals surface area contributed by atoms with Gasteiger partial charge >= 0.3 is 6.09 Å². The molecule has 1 aromatic heterocycles. The topological polar surface area (TPSA) is 54.5 Å². The fourth-order valence-corrected chi connectivity index (χ4v) is 4.09. The van der Waals surface area contributed by atoms with Crippen LogP contribution in [0.15, 0.2) is 79.0 Å². The Morgan fingerprint density at radius 2 is 1.76 bits per heavy atom. The largest absolute Gasteiger partial charge is 0.446 e. The van der Waals surface area contributed by atoms with Crippen molar-refractivity contribution in [2.75, 3.05) is 19.3 Å². The number of hydrogen-bond donors (Lipinski definition) is 1.